The fraction of sp³-hybridized carbons (Fsp3) is 0.647. The van der Waals surface area contributed by atoms with E-state index in [1.54, 1.807) is 0 Å². The first-order chi connectivity index (χ1) is 9.43. The van der Waals surface area contributed by atoms with Gasteiger partial charge in [0.1, 0.15) is 0 Å². The quantitative estimate of drug-likeness (QED) is 0.878. The third kappa shape index (κ3) is 3.75. The molecule has 1 aliphatic rings. The molecule has 0 amide bonds. The Balaban J connectivity index is 2.14. The van der Waals surface area contributed by atoms with Crippen LogP contribution >= 0.6 is 23.5 Å². The van der Waals surface area contributed by atoms with Crippen molar-refractivity contribution < 1.29 is 5.11 Å². The SMILES string of the molecule is CCC1SCCSC1C(O)c1ccc(C(C)(C)C)cc1. The monoisotopic (exact) mass is 310 g/mol. The minimum atomic E-state index is -0.341. The largest absolute Gasteiger partial charge is 0.387 e. The Kier molecular flexibility index (Phi) is 5.49. The van der Waals surface area contributed by atoms with E-state index in [1.807, 2.05) is 23.5 Å². The summed E-state index contributed by atoms with van der Waals surface area (Å²) in [4.78, 5) is 0. The zero-order chi connectivity index (χ0) is 14.8. The Hall–Kier alpha value is -0.120. The van der Waals surface area contributed by atoms with Crippen LogP contribution < -0.4 is 0 Å². The van der Waals surface area contributed by atoms with Crippen LogP contribution in [0.5, 0.6) is 0 Å². The van der Waals surface area contributed by atoms with Crippen LogP contribution in [0.1, 0.15) is 51.3 Å². The summed E-state index contributed by atoms with van der Waals surface area (Å²) in [5.41, 5.74) is 2.56. The van der Waals surface area contributed by atoms with Crippen molar-refractivity contribution in [2.45, 2.75) is 56.1 Å². The van der Waals surface area contributed by atoms with Crippen molar-refractivity contribution in [3.63, 3.8) is 0 Å². The Morgan fingerprint density at radius 2 is 1.75 bits per heavy atom. The number of benzene rings is 1. The Morgan fingerprint density at radius 3 is 2.30 bits per heavy atom. The Morgan fingerprint density at radius 1 is 1.15 bits per heavy atom. The highest BCUT2D eigenvalue weighted by Crippen LogP contribution is 2.40. The molecular formula is C17H26OS2. The lowest BCUT2D eigenvalue weighted by Gasteiger charge is -2.33. The molecule has 1 nitrogen and oxygen atoms in total. The van der Waals surface area contributed by atoms with Crippen molar-refractivity contribution in [3.8, 4) is 0 Å². The van der Waals surface area contributed by atoms with Crippen LogP contribution in [0.25, 0.3) is 0 Å². The second-order valence-electron chi connectivity index (χ2n) is 6.47. The van der Waals surface area contributed by atoms with E-state index in [0.29, 0.717) is 10.5 Å². The van der Waals surface area contributed by atoms with E-state index in [4.69, 9.17) is 0 Å². The van der Waals surface area contributed by atoms with Gasteiger partial charge in [-0.3, -0.25) is 0 Å². The summed E-state index contributed by atoms with van der Waals surface area (Å²) in [5, 5.41) is 11.6. The van der Waals surface area contributed by atoms with Gasteiger partial charge < -0.3 is 5.11 Å². The first-order valence-corrected chi connectivity index (χ1v) is 9.55. The third-order valence-corrected chi connectivity index (χ3v) is 7.26. The number of aliphatic hydroxyl groups is 1. The molecule has 0 radical (unpaired) electrons. The fourth-order valence-electron chi connectivity index (χ4n) is 2.60. The summed E-state index contributed by atoms with van der Waals surface area (Å²) in [6.07, 6.45) is 0.797. The van der Waals surface area contributed by atoms with Crippen molar-refractivity contribution in [1.29, 1.82) is 0 Å². The number of thioether (sulfide) groups is 2. The zero-order valence-electron chi connectivity index (χ0n) is 12.9. The van der Waals surface area contributed by atoms with Crippen LogP contribution in [0.3, 0.4) is 0 Å². The van der Waals surface area contributed by atoms with Gasteiger partial charge >= 0.3 is 0 Å². The Bertz CT molecular complexity index is 422. The van der Waals surface area contributed by atoms with Crippen LogP contribution in [0, 0.1) is 0 Å². The van der Waals surface area contributed by atoms with Crippen molar-refractivity contribution in [3.05, 3.63) is 35.4 Å². The highest BCUT2D eigenvalue weighted by Gasteiger charge is 2.31. The van der Waals surface area contributed by atoms with E-state index in [1.165, 1.54) is 11.3 Å². The molecule has 3 atom stereocenters. The van der Waals surface area contributed by atoms with Gasteiger partial charge in [-0.2, -0.15) is 23.5 Å². The fourth-order valence-corrected chi connectivity index (χ4v) is 5.74. The maximum absolute atomic E-state index is 10.7. The molecule has 1 N–H and O–H groups in total. The first-order valence-electron chi connectivity index (χ1n) is 7.45. The molecule has 0 spiro atoms. The molecule has 1 aliphatic heterocycles. The predicted molar refractivity (Wildman–Crippen MR) is 92.9 cm³/mol. The molecule has 1 heterocycles. The minimum Gasteiger partial charge on any atom is -0.387 e. The molecule has 0 aliphatic carbocycles. The summed E-state index contributed by atoms with van der Waals surface area (Å²) in [6.45, 7) is 8.89. The van der Waals surface area contributed by atoms with Crippen molar-refractivity contribution in [2.75, 3.05) is 11.5 Å². The van der Waals surface area contributed by atoms with Crippen LogP contribution in [0.2, 0.25) is 0 Å². The van der Waals surface area contributed by atoms with Crippen LogP contribution in [-0.2, 0) is 5.41 Å². The molecule has 20 heavy (non-hydrogen) atoms. The molecule has 1 aromatic rings. The molecule has 1 saturated heterocycles. The molecule has 1 fully saturated rings. The second-order valence-corrected chi connectivity index (χ2v) is 9.10. The molecule has 0 bridgehead atoms. The number of hydrogen-bond acceptors (Lipinski definition) is 3. The smallest absolute Gasteiger partial charge is 0.0919 e. The maximum Gasteiger partial charge on any atom is 0.0919 e. The summed E-state index contributed by atoms with van der Waals surface area (Å²) in [6, 6.07) is 8.55. The molecule has 1 aromatic carbocycles. The molecule has 112 valence electrons. The lowest BCUT2D eigenvalue weighted by Crippen LogP contribution is -2.31. The van der Waals surface area contributed by atoms with Crippen molar-refractivity contribution >= 4 is 23.5 Å². The number of hydrogen-bond donors (Lipinski definition) is 1. The van der Waals surface area contributed by atoms with Crippen LogP contribution in [0.4, 0.5) is 0 Å². The van der Waals surface area contributed by atoms with Gasteiger partial charge in [-0.15, -0.1) is 0 Å². The Labute approximate surface area is 131 Å². The number of rotatable bonds is 3. The second kappa shape index (κ2) is 6.76. The average Bonchev–Trinajstić information content (AvgIpc) is 2.45. The highest BCUT2D eigenvalue weighted by atomic mass is 32.2. The van der Waals surface area contributed by atoms with Gasteiger partial charge in [0.05, 0.1) is 6.10 Å². The minimum absolute atomic E-state index is 0.172. The topological polar surface area (TPSA) is 20.2 Å². The van der Waals surface area contributed by atoms with E-state index in [2.05, 4.69) is 52.0 Å². The zero-order valence-corrected chi connectivity index (χ0v) is 14.6. The normalized spacial score (nSPS) is 25.4. The standard InChI is InChI=1S/C17H26OS2/c1-5-14-16(20-11-10-19-14)15(18)12-6-8-13(9-7-12)17(2,3)4/h6-9,14-16,18H,5,10-11H2,1-4H3. The van der Waals surface area contributed by atoms with Gasteiger partial charge in [0, 0.05) is 22.0 Å². The van der Waals surface area contributed by atoms with E-state index in [-0.39, 0.29) is 11.5 Å². The van der Waals surface area contributed by atoms with Gasteiger partial charge in [-0.25, -0.2) is 0 Å². The summed E-state index contributed by atoms with van der Waals surface area (Å²) in [5.74, 6) is 2.37. The number of aliphatic hydroxyl groups excluding tert-OH is 1. The molecule has 0 aromatic heterocycles. The van der Waals surface area contributed by atoms with Gasteiger partial charge in [-0.1, -0.05) is 52.0 Å². The molecule has 3 unspecified atom stereocenters. The summed E-state index contributed by atoms with van der Waals surface area (Å²) in [7, 11) is 0. The average molecular weight is 311 g/mol. The van der Waals surface area contributed by atoms with Gasteiger partial charge in [-0.05, 0) is 23.0 Å². The van der Waals surface area contributed by atoms with E-state index in [9.17, 15) is 5.11 Å². The van der Waals surface area contributed by atoms with E-state index >= 15 is 0 Å². The first kappa shape index (κ1) is 16.3. The molecule has 0 saturated carbocycles. The third-order valence-electron chi connectivity index (χ3n) is 3.92. The molecular weight excluding hydrogens is 284 g/mol. The molecule has 3 heteroatoms. The van der Waals surface area contributed by atoms with Crippen molar-refractivity contribution in [2.24, 2.45) is 0 Å². The van der Waals surface area contributed by atoms with E-state index in [0.717, 1.165) is 17.7 Å². The predicted octanol–water partition coefficient (Wildman–Crippen LogP) is 4.64. The maximum atomic E-state index is 10.7. The van der Waals surface area contributed by atoms with Gasteiger partial charge in [0.15, 0.2) is 0 Å². The lowest BCUT2D eigenvalue weighted by molar-refractivity contribution is 0.172. The highest BCUT2D eigenvalue weighted by molar-refractivity contribution is 8.07. The van der Waals surface area contributed by atoms with Crippen molar-refractivity contribution in [1.82, 2.24) is 0 Å². The lowest BCUT2D eigenvalue weighted by atomic mass is 9.86. The van der Waals surface area contributed by atoms with Crippen LogP contribution in [0.15, 0.2) is 24.3 Å². The summed E-state index contributed by atoms with van der Waals surface area (Å²) < 4.78 is 0. The van der Waals surface area contributed by atoms with E-state index < -0.39 is 0 Å². The van der Waals surface area contributed by atoms with Gasteiger partial charge in [0.25, 0.3) is 0 Å². The summed E-state index contributed by atoms with van der Waals surface area (Å²) >= 11 is 3.96. The van der Waals surface area contributed by atoms with Gasteiger partial charge in [0.2, 0.25) is 0 Å². The molecule has 2 rings (SSSR count). The van der Waals surface area contributed by atoms with Crippen LogP contribution in [-0.4, -0.2) is 27.1 Å².